The number of nitrogens with zero attached hydrogens (tertiary/aromatic N) is 5. The third-order valence-electron chi connectivity index (χ3n) is 5.21. The van der Waals surface area contributed by atoms with Crippen molar-refractivity contribution in [1.82, 2.24) is 20.2 Å². The minimum Gasteiger partial charge on any atom is -0.465 e. The Hall–Kier alpha value is -4.20. The topological polar surface area (TPSA) is 89.1 Å². The Labute approximate surface area is 192 Å². The first-order valence-electron chi connectivity index (χ1n) is 10.8. The van der Waals surface area contributed by atoms with Gasteiger partial charge in [0.05, 0.1) is 6.26 Å². The van der Waals surface area contributed by atoms with E-state index in [9.17, 15) is 4.79 Å². The zero-order valence-electron chi connectivity index (χ0n) is 18.8. The smallest absolute Gasteiger partial charge is 0.274 e. The zero-order valence-corrected chi connectivity index (χ0v) is 18.8. The predicted molar refractivity (Wildman–Crippen MR) is 129 cm³/mol. The van der Waals surface area contributed by atoms with Gasteiger partial charge < -0.3 is 14.6 Å². The number of rotatable bonds is 8. The van der Waals surface area contributed by atoms with Crippen molar-refractivity contribution in [2.75, 3.05) is 16.8 Å². The van der Waals surface area contributed by atoms with Crippen LogP contribution < -0.4 is 10.2 Å². The number of carbonyl (C=O) groups is 1. The number of hydrogen-bond donors (Lipinski definition) is 1. The van der Waals surface area contributed by atoms with Crippen molar-refractivity contribution in [2.45, 2.75) is 26.8 Å². The summed E-state index contributed by atoms with van der Waals surface area (Å²) in [5.41, 5.74) is 2.79. The third kappa shape index (κ3) is 5.01. The summed E-state index contributed by atoms with van der Waals surface area (Å²) in [6, 6.07) is 21.2. The van der Waals surface area contributed by atoms with Crippen LogP contribution in [0.5, 0.6) is 0 Å². The molecule has 0 unspecified atom stereocenters. The van der Waals surface area contributed by atoms with E-state index in [0.717, 1.165) is 17.8 Å². The Kier molecular flexibility index (Phi) is 6.64. The van der Waals surface area contributed by atoms with Gasteiger partial charge in [-0.3, -0.25) is 4.79 Å². The number of anilines is 2. The molecule has 0 spiro atoms. The van der Waals surface area contributed by atoms with E-state index >= 15 is 0 Å². The Morgan fingerprint density at radius 1 is 1.09 bits per heavy atom. The van der Waals surface area contributed by atoms with Crippen LogP contribution >= 0.6 is 0 Å². The highest BCUT2D eigenvalue weighted by Crippen LogP contribution is 2.23. The number of tetrazole rings is 1. The van der Waals surface area contributed by atoms with Crippen LogP contribution in [0.2, 0.25) is 0 Å². The lowest BCUT2D eigenvalue weighted by Crippen LogP contribution is -2.30. The van der Waals surface area contributed by atoms with Gasteiger partial charge in [0.1, 0.15) is 11.5 Å². The molecule has 4 rings (SSSR count). The molecule has 2 aromatic carbocycles. The monoisotopic (exact) mass is 442 g/mol. The summed E-state index contributed by atoms with van der Waals surface area (Å²) in [7, 11) is 0. The van der Waals surface area contributed by atoms with Crippen LogP contribution in [0.4, 0.5) is 11.4 Å². The van der Waals surface area contributed by atoms with Gasteiger partial charge in [-0.25, -0.2) is 0 Å². The van der Waals surface area contributed by atoms with Gasteiger partial charge in [-0.1, -0.05) is 30.3 Å². The van der Waals surface area contributed by atoms with Crippen LogP contribution in [0.3, 0.4) is 0 Å². The molecule has 1 amide bonds. The quantitative estimate of drug-likeness (QED) is 0.394. The second kappa shape index (κ2) is 9.95. The second-order valence-corrected chi connectivity index (χ2v) is 7.71. The second-order valence-electron chi connectivity index (χ2n) is 7.71. The standard InChI is InChI=1S/C25H26N6O2/c1-4-30(18(2)3)21-14-12-20(13-15-21)26-25(32)23(17-22-11-8-16-33-22)31-24(27-28-29-31)19-9-6-5-7-10-19/h5-18H,4H2,1-3H3,(H,26,32)/b23-17+. The summed E-state index contributed by atoms with van der Waals surface area (Å²) in [4.78, 5) is 15.6. The zero-order chi connectivity index (χ0) is 23.2. The molecule has 8 heteroatoms. The van der Waals surface area contributed by atoms with Gasteiger partial charge in [0.15, 0.2) is 5.82 Å². The van der Waals surface area contributed by atoms with E-state index in [0.29, 0.717) is 23.3 Å². The molecule has 0 atom stereocenters. The van der Waals surface area contributed by atoms with Crippen molar-refractivity contribution in [3.63, 3.8) is 0 Å². The van der Waals surface area contributed by atoms with E-state index in [1.807, 2.05) is 54.6 Å². The lowest BCUT2D eigenvalue weighted by molar-refractivity contribution is -0.111. The van der Waals surface area contributed by atoms with Crippen molar-refractivity contribution in [2.24, 2.45) is 0 Å². The summed E-state index contributed by atoms with van der Waals surface area (Å²) in [6.45, 7) is 7.33. The summed E-state index contributed by atoms with van der Waals surface area (Å²) in [5, 5.41) is 15.0. The maximum Gasteiger partial charge on any atom is 0.274 e. The van der Waals surface area contributed by atoms with E-state index in [-0.39, 0.29) is 11.6 Å². The highest BCUT2D eigenvalue weighted by Gasteiger charge is 2.20. The van der Waals surface area contributed by atoms with Crippen molar-refractivity contribution in [1.29, 1.82) is 0 Å². The van der Waals surface area contributed by atoms with Gasteiger partial charge in [0.25, 0.3) is 5.91 Å². The molecule has 0 aliphatic heterocycles. The van der Waals surface area contributed by atoms with Crippen molar-refractivity contribution in [3.8, 4) is 11.4 Å². The van der Waals surface area contributed by atoms with Gasteiger partial charge in [-0.15, -0.1) is 5.10 Å². The minimum atomic E-state index is -0.361. The number of furan rings is 1. The molecule has 0 radical (unpaired) electrons. The molecule has 33 heavy (non-hydrogen) atoms. The molecule has 1 N–H and O–H groups in total. The minimum absolute atomic E-state index is 0.232. The lowest BCUT2D eigenvalue weighted by Gasteiger charge is -2.27. The number of nitrogens with one attached hydrogen (secondary N) is 1. The summed E-state index contributed by atoms with van der Waals surface area (Å²) < 4.78 is 6.86. The summed E-state index contributed by atoms with van der Waals surface area (Å²) in [5.74, 6) is 0.606. The molecule has 8 nitrogen and oxygen atoms in total. The van der Waals surface area contributed by atoms with Gasteiger partial charge >= 0.3 is 0 Å². The fraction of sp³-hybridized carbons (Fsp3) is 0.200. The average Bonchev–Trinajstić information content (AvgIpc) is 3.51. The van der Waals surface area contributed by atoms with Crippen LogP contribution in [0.15, 0.2) is 77.4 Å². The number of amides is 1. The Bertz CT molecular complexity index is 1210. The van der Waals surface area contributed by atoms with Gasteiger partial charge in [0.2, 0.25) is 0 Å². The molecule has 0 bridgehead atoms. The molecule has 0 aliphatic carbocycles. The molecular weight excluding hydrogens is 416 g/mol. The molecule has 0 saturated carbocycles. The molecule has 0 fully saturated rings. The third-order valence-corrected chi connectivity index (χ3v) is 5.21. The molecule has 0 aliphatic rings. The first-order chi connectivity index (χ1) is 16.1. The highest BCUT2D eigenvalue weighted by molar-refractivity contribution is 6.24. The molecule has 0 saturated heterocycles. The van der Waals surface area contributed by atoms with E-state index in [2.05, 4.69) is 46.5 Å². The van der Waals surface area contributed by atoms with Crippen LogP contribution in [0.25, 0.3) is 23.2 Å². The number of carbonyl (C=O) groups excluding carboxylic acids is 1. The highest BCUT2D eigenvalue weighted by atomic mass is 16.3. The fourth-order valence-corrected chi connectivity index (χ4v) is 3.62. The largest absolute Gasteiger partial charge is 0.465 e. The Morgan fingerprint density at radius 2 is 1.85 bits per heavy atom. The van der Waals surface area contributed by atoms with Gasteiger partial charge in [0, 0.05) is 35.6 Å². The van der Waals surface area contributed by atoms with Crippen LogP contribution in [0.1, 0.15) is 26.5 Å². The summed E-state index contributed by atoms with van der Waals surface area (Å²) >= 11 is 0. The van der Waals surface area contributed by atoms with Crippen LogP contribution in [0, 0.1) is 0 Å². The molecule has 2 heterocycles. The number of hydrogen-bond acceptors (Lipinski definition) is 6. The maximum absolute atomic E-state index is 13.4. The van der Waals surface area contributed by atoms with Crippen molar-refractivity contribution < 1.29 is 9.21 Å². The van der Waals surface area contributed by atoms with Crippen molar-refractivity contribution in [3.05, 3.63) is 78.8 Å². The van der Waals surface area contributed by atoms with E-state index in [1.165, 1.54) is 4.68 Å². The summed E-state index contributed by atoms with van der Waals surface area (Å²) in [6.07, 6.45) is 3.16. The van der Waals surface area contributed by atoms with Crippen molar-refractivity contribution >= 4 is 29.1 Å². The van der Waals surface area contributed by atoms with E-state index < -0.39 is 0 Å². The van der Waals surface area contributed by atoms with Gasteiger partial charge in [-0.2, -0.15) is 4.68 Å². The van der Waals surface area contributed by atoms with E-state index in [4.69, 9.17) is 4.42 Å². The predicted octanol–water partition coefficient (Wildman–Crippen LogP) is 4.80. The normalized spacial score (nSPS) is 11.6. The average molecular weight is 443 g/mol. The molecule has 2 aromatic heterocycles. The maximum atomic E-state index is 13.4. The number of benzene rings is 2. The van der Waals surface area contributed by atoms with E-state index in [1.54, 1.807) is 24.5 Å². The fourth-order valence-electron chi connectivity index (χ4n) is 3.62. The lowest BCUT2D eigenvalue weighted by atomic mass is 10.2. The molecule has 168 valence electrons. The number of aromatic nitrogens is 4. The first kappa shape index (κ1) is 22.0. The first-order valence-corrected chi connectivity index (χ1v) is 10.8. The SMILES string of the molecule is CCN(c1ccc(NC(=O)/C(=C\c2ccco2)n2nnnc2-c2ccccc2)cc1)C(C)C. The Balaban J connectivity index is 1.65. The van der Waals surface area contributed by atoms with Crippen LogP contribution in [-0.4, -0.2) is 38.7 Å². The molecular formula is C25H26N6O2. The van der Waals surface area contributed by atoms with Crippen LogP contribution in [-0.2, 0) is 4.79 Å². The Morgan fingerprint density at radius 3 is 2.48 bits per heavy atom. The molecule has 4 aromatic rings. The van der Waals surface area contributed by atoms with Gasteiger partial charge in [-0.05, 0) is 67.6 Å².